The molecule has 5 heteroatoms. The third-order valence-electron chi connectivity index (χ3n) is 4.07. The summed E-state index contributed by atoms with van der Waals surface area (Å²) in [6, 6.07) is 22.5. The summed E-state index contributed by atoms with van der Waals surface area (Å²) in [6.45, 7) is 0.617. The minimum atomic E-state index is -0.371. The van der Waals surface area contributed by atoms with E-state index < -0.39 is 0 Å². The van der Waals surface area contributed by atoms with E-state index in [1.54, 1.807) is 19.4 Å². The van der Waals surface area contributed by atoms with Crippen molar-refractivity contribution in [3.63, 3.8) is 0 Å². The number of amides is 1. The Morgan fingerprint density at radius 3 is 2.62 bits per heavy atom. The highest BCUT2D eigenvalue weighted by atomic mass is 16.5. The van der Waals surface area contributed by atoms with E-state index in [1.165, 1.54) is 0 Å². The van der Waals surface area contributed by atoms with Gasteiger partial charge in [0.2, 0.25) is 0 Å². The molecule has 3 N–H and O–H groups in total. The average molecular weight is 348 g/mol. The molecule has 0 spiro atoms. The smallest absolute Gasteiger partial charge is 0.287 e. The molecule has 0 bridgehead atoms. The van der Waals surface area contributed by atoms with Crippen LogP contribution >= 0.6 is 0 Å². The summed E-state index contributed by atoms with van der Waals surface area (Å²) in [7, 11) is 1.61. The Kier molecular flexibility index (Phi) is 5.96. The molecule has 1 atom stereocenters. The zero-order chi connectivity index (χ0) is 18.2. The lowest BCUT2D eigenvalue weighted by atomic mass is 10.1. The predicted molar refractivity (Wildman–Crippen MR) is 101 cm³/mol. The number of hydrogen-bond donors (Lipinski definition) is 2. The summed E-state index contributed by atoms with van der Waals surface area (Å²) in [5.41, 5.74) is 2.59. The molecule has 26 heavy (non-hydrogen) atoms. The van der Waals surface area contributed by atoms with Gasteiger partial charge < -0.3 is 15.4 Å². The van der Waals surface area contributed by atoms with Gasteiger partial charge in [-0.2, -0.15) is 0 Å². The number of nitrogens with two attached hydrogens (primary N) is 1. The SMILES string of the molecule is COc1cccc(NC(=O)[C@@H]([NH2+]Cc2ccccn2)c2ccccc2)c1. The van der Waals surface area contributed by atoms with Gasteiger partial charge in [-0.25, -0.2) is 0 Å². The molecule has 1 heterocycles. The number of aromatic nitrogens is 1. The van der Waals surface area contributed by atoms with Gasteiger partial charge in [-0.15, -0.1) is 0 Å². The summed E-state index contributed by atoms with van der Waals surface area (Å²) in [5.74, 6) is 0.622. The van der Waals surface area contributed by atoms with Crippen molar-refractivity contribution in [3.8, 4) is 5.75 Å². The van der Waals surface area contributed by atoms with Crippen LogP contribution in [-0.4, -0.2) is 18.0 Å². The van der Waals surface area contributed by atoms with Gasteiger partial charge in [0.05, 0.1) is 12.8 Å². The van der Waals surface area contributed by atoms with E-state index in [2.05, 4.69) is 10.3 Å². The van der Waals surface area contributed by atoms with Crippen LogP contribution < -0.4 is 15.4 Å². The van der Waals surface area contributed by atoms with Crippen molar-refractivity contribution in [2.75, 3.05) is 12.4 Å². The Hall–Kier alpha value is -3.18. The standard InChI is InChI=1S/C21H21N3O2/c1-26-19-12-7-11-17(14-19)24-21(25)20(16-8-3-2-4-9-16)23-15-18-10-5-6-13-22-18/h2-14,20,23H,15H2,1H3,(H,24,25)/p+1/t20-/m0/s1. The van der Waals surface area contributed by atoms with Crippen LogP contribution in [0.4, 0.5) is 5.69 Å². The van der Waals surface area contributed by atoms with Crippen molar-refractivity contribution >= 4 is 11.6 Å². The minimum Gasteiger partial charge on any atom is -0.497 e. The second-order valence-electron chi connectivity index (χ2n) is 5.87. The van der Waals surface area contributed by atoms with Crippen LogP contribution in [0.1, 0.15) is 17.3 Å². The van der Waals surface area contributed by atoms with Crippen molar-refractivity contribution in [1.29, 1.82) is 0 Å². The number of pyridine rings is 1. The van der Waals surface area contributed by atoms with E-state index in [0.29, 0.717) is 18.0 Å². The molecule has 0 radical (unpaired) electrons. The molecular weight excluding hydrogens is 326 g/mol. The lowest BCUT2D eigenvalue weighted by Crippen LogP contribution is -2.86. The van der Waals surface area contributed by atoms with Crippen LogP contribution in [0.25, 0.3) is 0 Å². The van der Waals surface area contributed by atoms with E-state index in [9.17, 15) is 4.79 Å². The lowest BCUT2D eigenvalue weighted by Gasteiger charge is -2.16. The number of benzene rings is 2. The highest BCUT2D eigenvalue weighted by Crippen LogP contribution is 2.18. The topological polar surface area (TPSA) is 67.8 Å². The molecule has 5 nitrogen and oxygen atoms in total. The van der Waals surface area contributed by atoms with Gasteiger partial charge in [0.15, 0.2) is 6.04 Å². The fourth-order valence-corrected chi connectivity index (χ4v) is 2.73. The summed E-state index contributed by atoms with van der Waals surface area (Å²) < 4.78 is 5.22. The summed E-state index contributed by atoms with van der Waals surface area (Å²) in [4.78, 5) is 17.3. The predicted octanol–water partition coefficient (Wildman–Crippen LogP) is 2.53. The molecule has 0 saturated carbocycles. The number of methoxy groups -OCH3 is 1. The lowest BCUT2D eigenvalue weighted by molar-refractivity contribution is -0.698. The summed E-state index contributed by atoms with van der Waals surface area (Å²) in [5, 5.41) is 4.97. The molecule has 0 aliphatic rings. The second-order valence-corrected chi connectivity index (χ2v) is 5.87. The van der Waals surface area contributed by atoms with Crippen LogP contribution in [0.15, 0.2) is 79.0 Å². The molecule has 2 aromatic carbocycles. The highest BCUT2D eigenvalue weighted by molar-refractivity contribution is 5.94. The van der Waals surface area contributed by atoms with Gasteiger partial charge in [0.25, 0.3) is 5.91 Å². The number of carbonyl (C=O) groups excluding carboxylic acids is 1. The van der Waals surface area contributed by atoms with E-state index in [-0.39, 0.29) is 11.9 Å². The maximum absolute atomic E-state index is 12.9. The molecule has 0 fully saturated rings. The Morgan fingerprint density at radius 2 is 1.88 bits per heavy atom. The van der Waals surface area contributed by atoms with E-state index >= 15 is 0 Å². The van der Waals surface area contributed by atoms with Crippen molar-refractivity contribution in [2.45, 2.75) is 12.6 Å². The van der Waals surface area contributed by atoms with Crippen molar-refractivity contribution in [3.05, 3.63) is 90.3 Å². The van der Waals surface area contributed by atoms with Crippen LogP contribution in [0.5, 0.6) is 5.75 Å². The first-order valence-electron chi connectivity index (χ1n) is 8.49. The van der Waals surface area contributed by atoms with Gasteiger partial charge in [-0.05, 0) is 24.3 Å². The maximum atomic E-state index is 12.9. The Morgan fingerprint density at radius 1 is 1.08 bits per heavy atom. The molecular formula is C21H22N3O2+. The first-order chi connectivity index (χ1) is 12.8. The van der Waals surface area contributed by atoms with Crippen LogP contribution in [0, 0.1) is 0 Å². The Bertz CT molecular complexity index is 838. The van der Waals surface area contributed by atoms with E-state index in [4.69, 9.17) is 4.74 Å². The van der Waals surface area contributed by atoms with Crippen molar-refractivity contribution in [1.82, 2.24) is 4.98 Å². The molecule has 132 valence electrons. The van der Waals surface area contributed by atoms with E-state index in [0.717, 1.165) is 11.3 Å². The van der Waals surface area contributed by atoms with Crippen molar-refractivity contribution < 1.29 is 14.8 Å². The number of ether oxygens (including phenoxy) is 1. The van der Waals surface area contributed by atoms with Gasteiger partial charge in [-0.3, -0.25) is 9.78 Å². The molecule has 0 aliphatic heterocycles. The molecule has 0 unspecified atom stereocenters. The zero-order valence-electron chi connectivity index (χ0n) is 14.6. The first-order valence-corrected chi connectivity index (χ1v) is 8.49. The molecule has 1 aromatic heterocycles. The third kappa shape index (κ3) is 4.68. The van der Waals surface area contributed by atoms with Crippen LogP contribution in [0.3, 0.4) is 0 Å². The minimum absolute atomic E-state index is 0.0830. The number of anilines is 1. The number of hydrogen-bond acceptors (Lipinski definition) is 3. The summed E-state index contributed by atoms with van der Waals surface area (Å²) >= 11 is 0. The number of nitrogens with zero attached hydrogens (tertiary/aromatic N) is 1. The fraction of sp³-hybridized carbons (Fsp3) is 0.143. The number of rotatable bonds is 7. The normalized spacial score (nSPS) is 11.6. The average Bonchev–Trinajstić information content (AvgIpc) is 2.70. The number of carbonyl (C=O) groups is 1. The van der Waals surface area contributed by atoms with Crippen LogP contribution in [0.2, 0.25) is 0 Å². The monoisotopic (exact) mass is 348 g/mol. The molecule has 0 saturated heterocycles. The van der Waals surface area contributed by atoms with Gasteiger partial charge in [0, 0.05) is 23.5 Å². The first kappa shape index (κ1) is 17.6. The van der Waals surface area contributed by atoms with Gasteiger partial charge >= 0.3 is 0 Å². The highest BCUT2D eigenvalue weighted by Gasteiger charge is 2.24. The Balaban J connectivity index is 1.76. The Labute approximate surface area is 153 Å². The molecule has 0 aliphatic carbocycles. The maximum Gasteiger partial charge on any atom is 0.287 e. The quantitative estimate of drug-likeness (QED) is 0.689. The van der Waals surface area contributed by atoms with Crippen molar-refractivity contribution in [2.24, 2.45) is 0 Å². The molecule has 3 rings (SSSR count). The zero-order valence-corrected chi connectivity index (χ0v) is 14.6. The van der Waals surface area contributed by atoms with Gasteiger partial charge in [-0.1, -0.05) is 42.5 Å². The van der Waals surface area contributed by atoms with Gasteiger partial charge in [0.1, 0.15) is 12.3 Å². The third-order valence-corrected chi connectivity index (χ3v) is 4.07. The number of nitrogens with one attached hydrogen (secondary N) is 1. The second kappa shape index (κ2) is 8.78. The largest absolute Gasteiger partial charge is 0.497 e. The van der Waals surface area contributed by atoms with Crippen LogP contribution in [-0.2, 0) is 11.3 Å². The fourth-order valence-electron chi connectivity index (χ4n) is 2.73. The molecule has 3 aromatic rings. The van der Waals surface area contributed by atoms with E-state index in [1.807, 2.05) is 72.0 Å². The molecule has 1 amide bonds. The number of quaternary nitrogens is 1. The summed E-state index contributed by atoms with van der Waals surface area (Å²) in [6.07, 6.45) is 1.76.